The maximum Gasteiger partial charge on any atom is 0.274 e. The summed E-state index contributed by atoms with van der Waals surface area (Å²) < 4.78 is 1.83. The molecule has 3 aromatic rings. The molecule has 1 aliphatic heterocycles. The molecule has 0 unspecified atom stereocenters. The lowest BCUT2D eigenvalue weighted by atomic mass is 10.2. The first-order valence-electron chi connectivity index (χ1n) is 8.63. The van der Waals surface area contributed by atoms with Crippen LogP contribution in [0.15, 0.2) is 48.8 Å². The first-order valence-corrected chi connectivity index (χ1v) is 9.01. The average Bonchev–Trinajstić information content (AvgIpc) is 3.07. The van der Waals surface area contributed by atoms with Gasteiger partial charge >= 0.3 is 0 Å². The van der Waals surface area contributed by atoms with Crippen LogP contribution in [0, 0.1) is 0 Å². The average molecular weight is 370 g/mol. The molecule has 1 saturated heterocycles. The highest BCUT2D eigenvalue weighted by molar-refractivity contribution is 6.33. The fraction of sp³-hybridized carbons (Fsp3) is 0.263. The summed E-state index contributed by atoms with van der Waals surface area (Å²) in [6, 6.07) is 11.6. The number of hydrogen-bond donors (Lipinski definition) is 2. The molecular weight excluding hydrogens is 350 g/mol. The Balaban J connectivity index is 1.64. The topological polar surface area (TPSA) is 61.7 Å². The second-order valence-electron chi connectivity index (χ2n) is 6.49. The van der Waals surface area contributed by atoms with Crippen LogP contribution in [0.3, 0.4) is 0 Å². The van der Waals surface area contributed by atoms with Crippen molar-refractivity contribution in [2.24, 2.45) is 0 Å². The minimum absolute atomic E-state index is 0.239. The van der Waals surface area contributed by atoms with Crippen molar-refractivity contribution in [3.8, 4) is 0 Å². The molecule has 1 aliphatic rings. The van der Waals surface area contributed by atoms with E-state index in [0.29, 0.717) is 22.4 Å². The zero-order valence-corrected chi connectivity index (χ0v) is 15.2. The first-order chi connectivity index (χ1) is 12.6. The van der Waals surface area contributed by atoms with E-state index < -0.39 is 0 Å². The van der Waals surface area contributed by atoms with E-state index in [1.807, 2.05) is 28.8 Å². The molecule has 0 saturated carbocycles. The number of carbonyl (C=O) groups is 1. The van der Waals surface area contributed by atoms with Gasteiger partial charge in [0.2, 0.25) is 0 Å². The fourth-order valence-electron chi connectivity index (χ4n) is 3.24. The summed E-state index contributed by atoms with van der Waals surface area (Å²) in [5.41, 5.74) is 2.88. The van der Waals surface area contributed by atoms with Crippen molar-refractivity contribution in [3.63, 3.8) is 0 Å². The van der Waals surface area contributed by atoms with Crippen LogP contribution in [0.5, 0.6) is 0 Å². The third-order valence-electron chi connectivity index (χ3n) is 4.58. The van der Waals surface area contributed by atoms with Crippen molar-refractivity contribution < 1.29 is 4.79 Å². The number of pyridine rings is 1. The van der Waals surface area contributed by atoms with Crippen LogP contribution >= 0.6 is 11.6 Å². The lowest BCUT2D eigenvalue weighted by molar-refractivity contribution is 0.102. The number of nitrogens with zero attached hydrogens (tertiary/aromatic N) is 3. The summed E-state index contributed by atoms with van der Waals surface area (Å²) in [4.78, 5) is 19.4. The predicted octanol–water partition coefficient (Wildman–Crippen LogP) is 3.04. The predicted molar refractivity (Wildman–Crippen MR) is 104 cm³/mol. The van der Waals surface area contributed by atoms with E-state index in [4.69, 9.17) is 11.6 Å². The lowest BCUT2D eigenvalue weighted by Crippen LogP contribution is -2.49. The van der Waals surface area contributed by atoms with Gasteiger partial charge in [-0.1, -0.05) is 23.7 Å². The number of amides is 1. The van der Waals surface area contributed by atoms with E-state index in [1.54, 1.807) is 18.3 Å². The van der Waals surface area contributed by atoms with E-state index in [2.05, 4.69) is 33.5 Å². The number of aromatic nitrogens is 2. The van der Waals surface area contributed by atoms with Gasteiger partial charge in [-0.2, -0.15) is 0 Å². The Morgan fingerprint density at radius 3 is 2.96 bits per heavy atom. The van der Waals surface area contributed by atoms with Gasteiger partial charge < -0.3 is 15.5 Å². The molecule has 2 N–H and O–H groups in total. The number of carbonyl (C=O) groups excluding carboxylic acids is 1. The van der Waals surface area contributed by atoms with E-state index >= 15 is 0 Å². The molecule has 26 heavy (non-hydrogen) atoms. The summed E-state index contributed by atoms with van der Waals surface area (Å²) >= 11 is 6.14. The van der Waals surface area contributed by atoms with Gasteiger partial charge in [0.1, 0.15) is 11.3 Å². The third-order valence-corrected chi connectivity index (χ3v) is 4.91. The molecule has 0 bridgehead atoms. The smallest absolute Gasteiger partial charge is 0.274 e. The largest absolute Gasteiger partial charge is 0.368 e. The van der Waals surface area contributed by atoms with Gasteiger partial charge in [-0.05, 0) is 31.2 Å². The number of rotatable bonds is 3. The number of benzene rings is 1. The van der Waals surface area contributed by atoms with Crippen molar-refractivity contribution in [2.75, 3.05) is 29.9 Å². The highest BCUT2D eigenvalue weighted by atomic mass is 35.5. The number of para-hydroxylation sites is 1. The Morgan fingerprint density at radius 1 is 1.31 bits per heavy atom. The molecule has 1 atom stereocenters. The summed E-state index contributed by atoms with van der Waals surface area (Å²) in [5, 5.41) is 6.80. The molecule has 3 heterocycles. The van der Waals surface area contributed by atoms with Crippen molar-refractivity contribution >= 4 is 34.5 Å². The third kappa shape index (κ3) is 3.25. The molecule has 1 amide bonds. The molecule has 6 nitrogen and oxygen atoms in total. The highest BCUT2D eigenvalue weighted by Gasteiger charge is 2.18. The maximum absolute atomic E-state index is 12.7. The van der Waals surface area contributed by atoms with Gasteiger partial charge in [-0.15, -0.1) is 0 Å². The second kappa shape index (κ2) is 6.97. The lowest BCUT2D eigenvalue weighted by Gasteiger charge is -2.33. The van der Waals surface area contributed by atoms with Crippen LogP contribution < -0.4 is 15.5 Å². The summed E-state index contributed by atoms with van der Waals surface area (Å²) in [6.45, 7) is 4.99. The Bertz CT molecular complexity index is 954. The molecule has 1 aromatic carbocycles. The van der Waals surface area contributed by atoms with E-state index in [0.717, 1.165) is 31.0 Å². The number of fused-ring (bicyclic) bond motifs is 1. The Hall–Kier alpha value is -2.57. The van der Waals surface area contributed by atoms with Crippen LogP contribution in [0.1, 0.15) is 17.4 Å². The van der Waals surface area contributed by atoms with Crippen molar-refractivity contribution in [1.82, 2.24) is 14.7 Å². The zero-order valence-electron chi connectivity index (χ0n) is 14.4. The number of hydrogen-bond acceptors (Lipinski definition) is 4. The number of halogens is 1. The van der Waals surface area contributed by atoms with Crippen molar-refractivity contribution in [1.29, 1.82) is 0 Å². The van der Waals surface area contributed by atoms with E-state index in [1.165, 1.54) is 0 Å². The molecule has 0 aliphatic carbocycles. The summed E-state index contributed by atoms with van der Waals surface area (Å²) in [5.74, 6) is -0.239. The van der Waals surface area contributed by atoms with Crippen LogP contribution in [0.2, 0.25) is 5.02 Å². The summed E-state index contributed by atoms with van der Waals surface area (Å²) in [6.07, 6.45) is 3.56. The number of piperazine rings is 1. The second-order valence-corrected chi connectivity index (χ2v) is 6.90. The monoisotopic (exact) mass is 369 g/mol. The fourth-order valence-corrected chi connectivity index (χ4v) is 3.42. The Kier molecular flexibility index (Phi) is 4.53. The van der Waals surface area contributed by atoms with Crippen LogP contribution in [-0.4, -0.2) is 41.0 Å². The van der Waals surface area contributed by atoms with Gasteiger partial charge in [0, 0.05) is 31.9 Å². The van der Waals surface area contributed by atoms with Gasteiger partial charge in [0.15, 0.2) is 0 Å². The molecule has 7 heteroatoms. The van der Waals surface area contributed by atoms with Gasteiger partial charge in [0.05, 0.1) is 22.6 Å². The molecular formula is C19H20ClN5O. The number of anilines is 2. The minimum Gasteiger partial charge on any atom is -0.368 e. The van der Waals surface area contributed by atoms with Crippen LogP contribution in [0.25, 0.3) is 5.65 Å². The quantitative estimate of drug-likeness (QED) is 0.745. The number of imidazole rings is 1. The van der Waals surface area contributed by atoms with Crippen molar-refractivity contribution in [3.05, 3.63) is 59.5 Å². The Morgan fingerprint density at radius 2 is 2.15 bits per heavy atom. The van der Waals surface area contributed by atoms with Gasteiger partial charge in [-0.25, -0.2) is 4.98 Å². The van der Waals surface area contributed by atoms with Crippen molar-refractivity contribution in [2.45, 2.75) is 13.0 Å². The standard InChI is InChI=1S/C19H20ClN5O/c1-13-11-24(9-8-21-13)14-6-7-18-22-10-17(25(18)12-14)19(26)23-16-5-3-2-4-15(16)20/h2-7,10,12-13,21H,8-9,11H2,1H3,(H,23,26)/t13-/m0/s1. The molecule has 4 rings (SSSR count). The maximum atomic E-state index is 12.7. The Labute approximate surface area is 156 Å². The molecule has 134 valence electrons. The number of nitrogens with one attached hydrogen (secondary N) is 2. The minimum atomic E-state index is -0.239. The van der Waals surface area contributed by atoms with Crippen LogP contribution in [0.4, 0.5) is 11.4 Å². The highest BCUT2D eigenvalue weighted by Crippen LogP contribution is 2.22. The molecule has 0 spiro atoms. The van der Waals surface area contributed by atoms with Gasteiger partial charge in [0.25, 0.3) is 5.91 Å². The molecule has 1 fully saturated rings. The van der Waals surface area contributed by atoms with E-state index in [-0.39, 0.29) is 5.91 Å². The first kappa shape index (κ1) is 16.9. The molecule has 2 aromatic heterocycles. The SMILES string of the molecule is C[C@H]1CN(c2ccc3ncc(C(=O)Nc4ccccc4Cl)n3c2)CCN1. The van der Waals surface area contributed by atoms with Gasteiger partial charge in [-0.3, -0.25) is 9.20 Å². The van der Waals surface area contributed by atoms with Crippen LogP contribution in [-0.2, 0) is 0 Å². The summed E-state index contributed by atoms with van der Waals surface area (Å²) in [7, 11) is 0. The molecule has 0 radical (unpaired) electrons. The normalized spacial score (nSPS) is 17.5. The van der Waals surface area contributed by atoms with E-state index in [9.17, 15) is 4.79 Å². The zero-order chi connectivity index (χ0) is 18.1.